The maximum absolute atomic E-state index is 13.4. The summed E-state index contributed by atoms with van der Waals surface area (Å²) in [6.45, 7) is 3.58. The number of nitrogens with zero attached hydrogens (tertiary/aromatic N) is 1. The van der Waals surface area contributed by atoms with E-state index in [0.29, 0.717) is 53.0 Å². The number of halogens is 4. The van der Waals surface area contributed by atoms with Gasteiger partial charge in [0, 0.05) is 45.3 Å². The van der Waals surface area contributed by atoms with Crippen molar-refractivity contribution in [2.75, 3.05) is 10.6 Å². The van der Waals surface area contributed by atoms with Crippen molar-refractivity contribution in [2.45, 2.75) is 57.8 Å². The van der Waals surface area contributed by atoms with E-state index in [1.165, 1.54) is 12.1 Å². The molecule has 0 spiro atoms. The number of aromatic nitrogens is 1. The Bertz CT molecular complexity index is 1300. The molecule has 10 heteroatoms. The smallest absolute Gasteiger partial charge is 0.382 e. The number of hydrogen-bond donors (Lipinski definition) is 3. The van der Waals surface area contributed by atoms with Crippen molar-refractivity contribution in [2.24, 2.45) is 5.92 Å². The molecule has 4 rings (SSSR count). The van der Waals surface area contributed by atoms with Gasteiger partial charge in [0.2, 0.25) is 5.91 Å². The zero-order chi connectivity index (χ0) is 26.7. The highest BCUT2D eigenvalue weighted by Gasteiger charge is 2.34. The molecule has 1 aromatic heterocycles. The van der Waals surface area contributed by atoms with Crippen molar-refractivity contribution in [1.82, 2.24) is 10.3 Å². The lowest BCUT2D eigenvalue weighted by Gasteiger charge is -2.31. The van der Waals surface area contributed by atoms with Crippen LogP contribution in [0.1, 0.15) is 55.6 Å². The van der Waals surface area contributed by atoms with Crippen LogP contribution in [0, 0.1) is 5.92 Å². The molecule has 1 heterocycles. The predicted molar refractivity (Wildman–Crippen MR) is 139 cm³/mol. The van der Waals surface area contributed by atoms with Gasteiger partial charge in [-0.2, -0.15) is 13.2 Å². The lowest BCUT2D eigenvalue weighted by Crippen LogP contribution is -2.40. The SMILES string of the molecule is CC(C)C(=O)Nc1cccc(C(=O)NC2CCC(Nc3cc(C(F)(F)F)nc4ccc(Cl)cc34)CC2)c1. The summed E-state index contributed by atoms with van der Waals surface area (Å²) < 4.78 is 40.2. The van der Waals surface area contributed by atoms with Gasteiger partial charge in [-0.15, -0.1) is 0 Å². The molecule has 0 saturated heterocycles. The second-order valence-electron chi connectivity index (χ2n) is 9.61. The van der Waals surface area contributed by atoms with E-state index < -0.39 is 11.9 Å². The standard InChI is InChI=1S/C27H28ClF3N4O2/c1-15(2)25(36)34-20-5-3-4-16(12-20)26(37)33-19-9-7-18(8-10-19)32-23-14-24(27(29,30)31)35-22-11-6-17(28)13-21(22)23/h3-6,11-15,18-19H,7-10H2,1-2H3,(H,32,35)(H,33,37)(H,34,36). The molecule has 1 aliphatic carbocycles. The third kappa shape index (κ3) is 6.71. The van der Waals surface area contributed by atoms with Crippen LogP contribution in [0.4, 0.5) is 24.5 Å². The third-order valence-electron chi connectivity index (χ3n) is 6.40. The van der Waals surface area contributed by atoms with Crippen LogP contribution in [0.15, 0.2) is 48.5 Å². The summed E-state index contributed by atoms with van der Waals surface area (Å²) >= 11 is 6.09. The molecule has 1 fully saturated rings. The van der Waals surface area contributed by atoms with Crippen molar-refractivity contribution in [3.63, 3.8) is 0 Å². The molecule has 3 N–H and O–H groups in total. The summed E-state index contributed by atoms with van der Waals surface area (Å²) in [5, 5.41) is 10.0. The van der Waals surface area contributed by atoms with E-state index in [0.717, 1.165) is 6.07 Å². The molecule has 0 aliphatic heterocycles. The Morgan fingerprint density at radius 2 is 1.70 bits per heavy atom. The molecular weight excluding hydrogens is 505 g/mol. The van der Waals surface area contributed by atoms with Gasteiger partial charge in [0.25, 0.3) is 5.91 Å². The maximum Gasteiger partial charge on any atom is 0.433 e. The second kappa shape index (κ2) is 11.0. The number of carbonyl (C=O) groups excluding carboxylic acids is 2. The minimum Gasteiger partial charge on any atom is -0.382 e. The van der Waals surface area contributed by atoms with E-state index in [1.54, 1.807) is 44.2 Å². The Hall–Kier alpha value is -3.33. The highest BCUT2D eigenvalue weighted by molar-refractivity contribution is 6.31. The molecular formula is C27H28ClF3N4O2. The normalized spacial score (nSPS) is 18.0. The molecule has 6 nitrogen and oxygen atoms in total. The van der Waals surface area contributed by atoms with Crippen LogP contribution in [0.5, 0.6) is 0 Å². The number of fused-ring (bicyclic) bond motifs is 1. The fraction of sp³-hybridized carbons (Fsp3) is 0.370. The second-order valence-corrected chi connectivity index (χ2v) is 10.0. The first kappa shape index (κ1) is 26.7. The molecule has 0 bridgehead atoms. The van der Waals surface area contributed by atoms with E-state index in [2.05, 4.69) is 20.9 Å². The molecule has 196 valence electrons. The van der Waals surface area contributed by atoms with Crippen molar-refractivity contribution in [3.05, 3.63) is 64.8 Å². The quantitative estimate of drug-likeness (QED) is 0.332. The van der Waals surface area contributed by atoms with E-state index in [9.17, 15) is 22.8 Å². The van der Waals surface area contributed by atoms with Crippen LogP contribution < -0.4 is 16.0 Å². The minimum atomic E-state index is -4.57. The monoisotopic (exact) mass is 532 g/mol. The van der Waals surface area contributed by atoms with Gasteiger partial charge in [-0.3, -0.25) is 9.59 Å². The van der Waals surface area contributed by atoms with Crippen molar-refractivity contribution in [3.8, 4) is 0 Å². The topological polar surface area (TPSA) is 83.1 Å². The lowest BCUT2D eigenvalue weighted by atomic mass is 9.90. The summed E-state index contributed by atoms with van der Waals surface area (Å²) in [6.07, 6.45) is -1.89. The fourth-order valence-electron chi connectivity index (χ4n) is 4.36. The van der Waals surface area contributed by atoms with E-state index in [1.807, 2.05) is 0 Å². The number of nitrogens with one attached hydrogen (secondary N) is 3. The summed E-state index contributed by atoms with van der Waals surface area (Å²) in [4.78, 5) is 28.5. The number of carbonyl (C=O) groups is 2. The van der Waals surface area contributed by atoms with Gasteiger partial charge < -0.3 is 16.0 Å². The summed E-state index contributed by atoms with van der Waals surface area (Å²) in [7, 11) is 0. The maximum atomic E-state index is 13.4. The predicted octanol–water partition coefficient (Wildman–Crippen LogP) is 6.65. The van der Waals surface area contributed by atoms with Crippen LogP contribution in [0.25, 0.3) is 10.9 Å². The minimum absolute atomic E-state index is 0.0613. The third-order valence-corrected chi connectivity index (χ3v) is 6.63. The number of amides is 2. The van der Waals surface area contributed by atoms with Crippen LogP contribution in [0.3, 0.4) is 0 Å². The van der Waals surface area contributed by atoms with Gasteiger partial charge >= 0.3 is 6.18 Å². The Kier molecular flexibility index (Phi) is 7.92. The summed E-state index contributed by atoms with van der Waals surface area (Å²) in [5.41, 5.74) is 0.600. The van der Waals surface area contributed by atoms with Gasteiger partial charge in [0.05, 0.1) is 5.52 Å². The number of benzene rings is 2. The highest BCUT2D eigenvalue weighted by atomic mass is 35.5. The van der Waals surface area contributed by atoms with E-state index >= 15 is 0 Å². The zero-order valence-electron chi connectivity index (χ0n) is 20.5. The number of alkyl halides is 3. The van der Waals surface area contributed by atoms with E-state index in [-0.39, 0.29) is 35.3 Å². The average Bonchev–Trinajstić information content (AvgIpc) is 2.85. The average molecular weight is 533 g/mol. The molecule has 0 atom stereocenters. The van der Waals surface area contributed by atoms with Gasteiger partial charge in [-0.1, -0.05) is 31.5 Å². The van der Waals surface area contributed by atoms with Crippen molar-refractivity contribution < 1.29 is 22.8 Å². The van der Waals surface area contributed by atoms with Gasteiger partial charge in [0.15, 0.2) is 0 Å². The molecule has 1 aliphatic rings. The Labute approximate surface area is 218 Å². The number of rotatable bonds is 6. The molecule has 3 aromatic rings. The first-order valence-corrected chi connectivity index (χ1v) is 12.5. The molecule has 2 amide bonds. The summed E-state index contributed by atoms with van der Waals surface area (Å²) in [5.74, 6) is -0.542. The van der Waals surface area contributed by atoms with Crippen LogP contribution in [-0.2, 0) is 11.0 Å². The number of hydrogen-bond acceptors (Lipinski definition) is 4. The molecule has 0 radical (unpaired) electrons. The van der Waals surface area contributed by atoms with Crippen LogP contribution in [-0.4, -0.2) is 28.9 Å². The van der Waals surface area contributed by atoms with Gasteiger partial charge in [-0.25, -0.2) is 4.98 Å². The lowest BCUT2D eigenvalue weighted by molar-refractivity contribution is -0.140. The molecule has 2 aromatic carbocycles. The fourth-order valence-corrected chi connectivity index (χ4v) is 4.53. The first-order valence-electron chi connectivity index (χ1n) is 12.2. The Morgan fingerprint density at radius 1 is 1.00 bits per heavy atom. The number of pyridine rings is 1. The van der Waals surface area contributed by atoms with Crippen LogP contribution in [0.2, 0.25) is 5.02 Å². The van der Waals surface area contributed by atoms with E-state index in [4.69, 9.17) is 11.6 Å². The van der Waals surface area contributed by atoms with Gasteiger partial charge in [-0.05, 0) is 68.1 Å². The first-order chi connectivity index (χ1) is 17.5. The Balaban J connectivity index is 1.39. The molecule has 37 heavy (non-hydrogen) atoms. The Morgan fingerprint density at radius 3 is 2.38 bits per heavy atom. The van der Waals surface area contributed by atoms with Crippen molar-refractivity contribution >= 4 is 45.7 Å². The van der Waals surface area contributed by atoms with Crippen molar-refractivity contribution in [1.29, 1.82) is 0 Å². The summed E-state index contributed by atoms with van der Waals surface area (Å²) in [6, 6.07) is 12.3. The number of anilines is 2. The highest BCUT2D eigenvalue weighted by Crippen LogP contribution is 2.35. The molecule has 0 unspecified atom stereocenters. The van der Waals surface area contributed by atoms with Crippen LogP contribution >= 0.6 is 11.6 Å². The molecule has 1 saturated carbocycles. The zero-order valence-corrected chi connectivity index (χ0v) is 21.2. The van der Waals surface area contributed by atoms with Gasteiger partial charge in [0.1, 0.15) is 5.69 Å². The largest absolute Gasteiger partial charge is 0.433 e.